The van der Waals surface area contributed by atoms with Crippen LogP contribution in [0.5, 0.6) is 0 Å². The fourth-order valence-electron chi connectivity index (χ4n) is 8.88. The Balaban J connectivity index is 4.10. The summed E-state index contributed by atoms with van der Waals surface area (Å²) in [5, 5.41) is 0. The van der Waals surface area contributed by atoms with Crippen LogP contribution in [0.15, 0.2) is 48.6 Å². The fourth-order valence-corrected chi connectivity index (χ4v) is 8.88. The molecule has 0 aliphatic heterocycles. The molecule has 0 spiro atoms. The molecule has 1 atom stereocenters. The second-order valence-electron chi connectivity index (χ2n) is 20.6. The number of esters is 3. The Morgan fingerprint density at radius 2 is 0.543 bits per heavy atom. The predicted octanol–water partition coefficient (Wildman–Crippen LogP) is 20.6. The summed E-state index contributed by atoms with van der Waals surface area (Å²) in [5.41, 5.74) is 0. The Morgan fingerprint density at radius 1 is 0.286 bits per heavy atom. The molecule has 0 heterocycles. The van der Waals surface area contributed by atoms with Gasteiger partial charge in [-0.3, -0.25) is 14.4 Å². The topological polar surface area (TPSA) is 78.9 Å². The van der Waals surface area contributed by atoms with E-state index >= 15 is 0 Å². The van der Waals surface area contributed by atoms with Crippen LogP contribution in [-0.4, -0.2) is 37.2 Å². The first-order valence-corrected chi connectivity index (χ1v) is 30.6. The van der Waals surface area contributed by atoms with Crippen LogP contribution in [0.2, 0.25) is 0 Å². The monoisotopic (exact) mass is 981 g/mol. The molecule has 0 aliphatic rings. The summed E-state index contributed by atoms with van der Waals surface area (Å²) in [6.07, 6.45) is 72.8. The van der Waals surface area contributed by atoms with E-state index in [2.05, 4.69) is 69.4 Å². The largest absolute Gasteiger partial charge is 0.462 e. The van der Waals surface area contributed by atoms with Crippen LogP contribution in [-0.2, 0) is 28.6 Å². The summed E-state index contributed by atoms with van der Waals surface area (Å²) in [7, 11) is 0. The number of carbonyl (C=O) groups is 3. The van der Waals surface area contributed by atoms with Crippen molar-refractivity contribution < 1.29 is 28.6 Å². The summed E-state index contributed by atoms with van der Waals surface area (Å²) in [6.45, 7) is 6.57. The predicted molar refractivity (Wildman–Crippen MR) is 302 cm³/mol. The zero-order valence-corrected chi connectivity index (χ0v) is 46.8. The van der Waals surface area contributed by atoms with Gasteiger partial charge in [-0.25, -0.2) is 0 Å². The van der Waals surface area contributed by atoms with Gasteiger partial charge in [0, 0.05) is 19.3 Å². The molecule has 0 amide bonds. The van der Waals surface area contributed by atoms with Gasteiger partial charge in [0.25, 0.3) is 0 Å². The number of carbonyl (C=O) groups excluding carboxylic acids is 3. The summed E-state index contributed by atoms with van der Waals surface area (Å²) in [6, 6.07) is 0. The van der Waals surface area contributed by atoms with E-state index < -0.39 is 6.10 Å². The molecule has 0 bridgehead atoms. The molecular formula is C64H116O6. The summed E-state index contributed by atoms with van der Waals surface area (Å²) >= 11 is 0. The lowest BCUT2D eigenvalue weighted by Gasteiger charge is -2.18. The van der Waals surface area contributed by atoms with Gasteiger partial charge in [0.05, 0.1) is 0 Å². The molecule has 1 unspecified atom stereocenters. The molecule has 0 N–H and O–H groups in total. The minimum atomic E-state index is -0.778. The summed E-state index contributed by atoms with van der Waals surface area (Å²) < 4.78 is 16.8. The molecule has 0 aromatic carbocycles. The van der Waals surface area contributed by atoms with Gasteiger partial charge in [0.2, 0.25) is 0 Å². The maximum Gasteiger partial charge on any atom is 0.306 e. The van der Waals surface area contributed by atoms with Crippen molar-refractivity contribution in [3.05, 3.63) is 48.6 Å². The second kappa shape index (κ2) is 58.9. The van der Waals surface area contributed by atoms with Crippen LogP contribution in [0.1, 0.15) is 323 Å². The molecule has 0 fully saturated rings. The lowest BCUT2D eigenvalue weighted by Crippen LogP contribution is -2.30. The van der Waals surface area contributed by atoms with Crippen molar-refractivity contribution in [2.75, 3.05) is 13.2 Å². The Bertz CT molecular complexity index is 1220. The molecule has 0 saturated heterocycles. The molecule has 0 rings (SSSR count). The van der Waals surface area contributed by atoms with Crippen LogP contribution < -0.4 is 0 Å². The highest BCUT2D eigenvalue weighted by molar-refractivity contribution is 5.71. The number of rotatable bonds is 56. The third-order valence-electron chi connectivity index (χ3n) is 13.5. The SMILES string of the molecule is CCC/C=C\CCCCCCCC(=O)OCC(COC(=O)CCCCCCCCCCCCCCCCCCC/C=C\C/C=C\CCCCCCC)OC(=O)CCCCCCC/C=C\CCCCCC. The third-order valence-corrected chi connectivity index (χ3v) is 13.5. The molecule has 408 valence electrons. The zero-order chi connectivity index (χ0) is 50.7. The first-order valence-electron chi connectivity index (χ1n) is 30.6. The normalized spacial score (nSPS) is 12.3. The average Bonchev–Trinajstić information content (AvgIpc) is 3.36. The molecule has 0 aromatic rings. The Kier molecular flexibility index (Phi) is 56.7. The molecule has 6 heteroatoms. The van der Waals surface area contributed by atoms with Crippen molar-refractivity contribution in [3.63, 3.8) is 0 Å². The molecule has 0 radical (unpaired) electrons. The number of allylic oxidation sites excluding steroid dienone is 8. The number of hydrogen-bond acceptors (Lipinski definition) is 6. The highest BCUT2D eigenvalue weighted by Crippen LogP contribution is 2.17. The van der Waals surface area contributed by atoms with Crippen molar-refractivity contribution >= 4 is 17.9 Å². The van der Waals surface area contributed by atoms with E-state index in [4.69, 9.17) is 14.2 Å². The van der Waals surface area contributed by atoms with Crippen LogP contribution >= 0.6 is 0 Å². The lowest BCUT2D eigenvalue weighted by atomic mass is 10.0. The highest BCUT2D eigenvalue weighted by atomic mass is 16.6. The third kappa shape index (κ3) is 56.3. The second-order valence-corrected chi connectivity index (χ2v) is 20.6. The van der Waals surface area contributed by atoms with Gasteiger partial charge in [-0.05, 0) is 96.3 Å². The summed E-state index contributed by atoms with van der Waals surface area (Å²) in [5.74, 6) is -0.883. The van der Waals surface area contributed by atoms with Crippen molar-refractivity contribution in [2.24, 2.45) is 0 Å². The van der Waals surface area contributed by atoms with E-state index in [1.807, 2.05) is 0 Å². The van der Waals surface area contributed by atoms with Crippen molar-refractivity contribution in [1.29, 1.82) is 0 Å². The van der Waals surface area contributed by atoms with Gasteiger partial charge < -0.3 is 14.2 Å². The van der Waals surface area contributed by atoms with Crippen molar-refractivity contribution in [1.82, 2.24) is 0 Å². The van der Waals surface area contributed by atoms with Crippen LogP contribution in [0.3, 0.4) is 0 Å². The van der Waals surface area contributed by atoms with Crippen LogP contribution in [0, 0.1) is 0 Å². The maximum atomic E-state index is 12.8. The Morgan fingerprint density at radius 3 is 0.871 bits per heavy atom. The van der Waals surface area contributed by atoms with E-state index in [1.54, 1.807) is 0 Å². The smallest absolute Gasteiger partial charge is 0.306 e. The van der Waals surface area contributed by atoms with E-state index in [1.165, 1.54) is 193 Å². The van der Waals surface area contributed by atoms with Gasteiger partial charge in [-0.15, -0.1) is 0 Å². The molecule has 0 aromatic heterocycles. The van der Waals surface area contributed by atoms with Gasteiger partial charge in [-0.1, -0.05) is 256 Å². The molecule has 0 saturated carbocycles. The maximum absolute atomic E-state index is 12.8. The number of unbranched alkanes of at least 4 members (excludes halogenated alkanes) is 37. The van der Waals surface area contributed by atoms with Gasteiger partial charge in [-0.2, -0.15) is 0 Å². The Labute approximate surface area is 435 Å². The highest BCUT2D eigenvalue weighted by Gasteiger charge is 2.19. The quantitative estimate of drug-likeness (QED) is 0.0261. The fraction of sp³-hybridized carbons (Fsp3) is 0.828. The number of hydrogen-bond donors (Lipinski definition) is 0. The van der Waals surface area contributed by atoms with Gasteiger partial charge >= 0.3 is 17.9 Å². The average molecular weight is 982 g/mol. The molecule has 70 heavy (non-hydrogen) atoms. The van der Waals surface area contributed by atoms with E-state index in [0.29, 0.717) is 19.3 Å². The molecular weight excluding hydrogens is 865 g/mol. The minimum absolute atomic E-state index is 0.0764. The van der Waals surface area contributed by atoms with Crippen LogP contribution in [0.4, 0.5) is 0 Å². The van der Waals surface area contributed by atoms with Gasteiger partial charge in [0.15, 0.2) is 6.10 Å². The van der Waals surface area contributed by atoms with Crippen LogP contribution in [0.25, 0.3) is 0 Å². The first-order chi connectivity index (χ1) is 34.5. The first kappa shape index (κ1) is 67.4. The minimum Gasteiger partial charge on any atom is -0.462 e. The van der Waals surface area contributed by atoms with E-state index in [0.717, 1.165) is 89.9 Å². The zero-order valence-electron chi connectivity index (χ0n) is 46.8. The molecule has 0 aliphatic carbocycles. The van der Waals surface area contributed by atoms with E-state index in [-0.39, 0.29) is 31.1 Å². The standard InChI is InChI=1S/C64H116O6/c1-4-7-10-13-16-19-22-24-25-26-27-28-29-30-31-32-33-34-35-36-37-38-39-41-42-45-48-51-54-57-63(66)69-60-61(59-68-62(65)56-53-50-47-44-21-18-15-12-9-6-3)70-64(67)58-55-52-49-46-43-40-23-20-17-14-11-8-5-2/h12,15,20,22-24,26-27,61H,4-11,13-14,16-19,21,25,28-60H2,1-3H3/b15-12-,23-20-,24-22-,27-26-. The number of ether oxygens (including phenoxy) is 3. The van der Waals surface area contributed by atoms with Gasteiger partial charge in [0.1, 0.15) is 13.2 Å². The van der Waals surface area contributed by atoms with E-state index in [9.17, 15) is 14.4 Å². The summed E-state index contributed by atoms with van der Waals surface area (Å²) in [4.78, 5) is 38.0. The van der Waals surface area contributed by atoms with Crippen molar-refractivity contribution in [3.8, 4) is 0 Å². The lowest BCUT2D eigenvalue weighted by molar-refractivity contribution is -0.167. The van der Waals surface area contributed by atoms with Crippen molar-refractivity contribution in [2.45, 2.75) is 329 Å². The Hall–Kier alpha value is -2.63. The molecule has 6 nitrogen and oxygen atoms in total.